The van der Waals surface area contributed by atoms with Crippen LogP contribution in [-0.4, -0.2) is 14.2 Å². The molecular weight excluding hydrogens is 150 g/mol. The minimum Gasteiger partial charge on any atom is -0.228 e. The number of rotatable bonds is 2. The van der Waals surface area contributed by atoms with Gasteiger partial charge in [-0.25, -0.2) is 13.6 Å². The van der Waals surface area contributed by atoms with Crippen LogP contribution in [-0.2, 0) is 10.0 Å². The molecule has 3 nitrogen and oxygen atoms in total. The first kappa shape index (κ1) is 7.94. The topological polar surface area (TPSA) is 60.2 Å². The fraction of sp³-hybridized carbons (Fsp3) is 0.333. The third kappa shape index (κ3) is 5.94. The highest BCUT2D eigenvalue weighted by molar-refractivity contribution is 7.89. The Kier molecular flexibility index (Phi) is 3.04. The van der Waals surface area contributed by atoms with E-state index in [9.17, 15) is 8.42 Å². The van der Waals surface area contributed by atoms with E-state index in [1.807, 2.05) is 0 Å². The third-order valence-corrected chi connectivity index (χ3v) is 1.25. The molecule has 0 bridgehead atoms. The van der Waals surface area contributed by atoms with Gasteiger partial charge in [0, 0.05) is 5.54 Å². The fourth-order valence-corrected chi connectivity index (χ4v) is 0.730. The average Bonchev–Trinajstić information content (AvgIpc) is 1.59. The summed E-state index contributed by atoms with van der Waals surface area (Å²) in [5.74, 6) is -0.198. The molecule has 8 heavy (non-hydrogen) atoms. The molecule has 0 aromatic carbocycles. The van der Waals surface area contributed by atoms with Crippen LogP contribution >= 0.6 is 11.6 Å². The summed E-state index contributed by atoms with van der Waals surface area (Å²) >= 11 is 5.01. The number of sulfonamides is 1. The zero-order valence-electron chi connectivity index (χ0n) is 4.04. The smallest absolute Gasteiger partial charge is 0.212 e. The summed E-state index contributed by atoms with van der Waals surface area (Å²) in [7, 11) is -3.36. The molecular formula is C3H6ClNO2S. The Balaban J connectivity index is 3.76. The SMILES string of the molecule is NS(=O)(=O)C/C=C\Cl. The van der Waals surface area contributed by atoms with E-state index in [1.165, 1.54) is 6.08 Å². The number of halogens is 1. The van der Waals surface area contributed by atoms with Gasteiger partial charge in [0.05, 0.1) is 5.75 Å². The molecule has 2 N–H and O–H groups in total. The van der Waals surface area contributed by atoms with Crippen molar-refractivity contribution in [3.63, 3.8) is 0 Å². The maximum atomic E-state index is 10.1. The van der Waals surface area contributed by atoms with Gasteiger partial charge in [0.15, 0.2) is 0 Å². The van der Waals surface area contributed by atoms with Crippen LogP contribution in [0.15, 0.2) is 11.6 Å². The molecule has 0 fully saturated rings. The van der Waals surface area contributed by atoms with Gasteiger partial charge >= 0.3 is 0 Å². The molecule has 0 atom stereocenters. The van der Waals surface area contributed by atoms with Crippen LogP contribution < -0.4 is 5.14 Å². The van der Waals surface area contributed by atoms with Crippen molar-refractivity contribution in [2.24, 2.45) is 5.14 Å². The summed E-state index contributed by atoms with van der Waals surface area (Å²) in [6.45, 7) is 0. The molecule has 0 heterocycles. The lowest BCUT2D eigenvalue weighted by Gasteiger charge is -1.84. The summed E-state index contributed by atoms with van der Waals surface area (Å²) in [5.41, 5.74) is 1.12. The summed E-state index contributed by atoms with van der Waals surface area (Å²) in [4.78, 5) is 0. The molecule has 0 saturated carbocycles. The monoisotopic (exact) mass is 155 g/mol. The normalized spacial score (nSPS) is 12.8. The van der Waals surface area contributed by atoms with Gasteiger partial charge in [0.2, 0.25) is 10.0 Å². The highest BCUT2D eigenvalue weighted by Gasteiger charge is 1.94. The van der Waals surface area contributed by atoms with E-state index in [4.69, 9.17) is 11.6 Å². The second-order valence-electron chi connectivity index (χ2n) is 1.19. The summed E-state index contributed by atoms with van der Waals surface area (Å²) < 4.78 is 20.1. The summed E-state index contributed by atoms with van der Waals surface area (Å²) in [5, 5.41) is 4.58. The van der Waals surface area contributed by atoms with Crippen molar-refractivity contribution in [1.82, 2.24) is 0 Å². The third-order valence-electron chi connectivity index (χ3n) is 0.418. The molecule has 0 rings (SSSR count). The predicted molar refractivity (Wildman–Crippen MR) is 33.0 cm³/mol. The van der Waals surface area contributed by atoms with Crippen LogP contribution in [0.5, 0.6) is 0 Å². The molecule has 0 aliphatic carbocycles. The van der Waals surface area contributed by atoms with Crippen molar-refractivity contribution in [2.45, 2.75) is 0 Å². The standard InChI is InChI=1S/C3H6ClNO2S/c4-2-1-3-8(5,6)7/h1-2H,3H2,(H2,5,6,7)/b2-1-. The zero-order chi connectivity index (χ0) is 6.62. The van der Waals surface area contributed by atoms with E-state index in [2.05, 4.69) is 5.14 Å². The molecule has 0 aliphatic rings. The molecule has 0 aromatic heterocycles. The minimum absolute atomic E-state index is 0.198. The van der Waals surface area contributed by atoms with E-state index >= 15 is 0 Å². The van der Waals surface area contributed by atoms with Gasteiger partial charge in [0.25, 0.3) is 0 Å². The quantitative estimate of drug-likeness (QED) is 0.612. The lowest BCUT2D eigenvalue weighted by atomic mass is 10.8. The number of hydrogen-bond donors (Lipinski definition) is 1. The van der Waals surface area contributed by atoms with Crippen molar-refractivity contribution in [3.8, 4) is 0 Å². The van der Waals surface area contributed by atoms with Gasteiger partial charge in [-0.15, -0.1) is 0 Å². The first-order valence-corrected chi connectivity index (χ1v) is 3.97. The molecule has 0 aliphatic heterocycles. The Labute approximate surface area is 53.2 Å². The van der Waals surface area contributed by atoms with Crippen LogP contribution in [0.4, 0.5) is 0 Å². The molecule has 48 valence electrons. The lowest BCUT2D eigenvalue weighted by Crippen LogP contribution is -2.14. The molecule has 0 saturated heterocycles. The molecule has 0 spiro atoms. The van der Waals surface area contributed by atoms with E-state index in [-0.39, 0.29) is 5.75 Å². The number of hydrogen-bond acceptors (Lipinski definition) is 2. The first-order valence-electron chi connectivity index (χ1n) is 1.82. The van der Waals surface area contributed by atoms with Gasteiger partial charge < -0.3 is 0 Å². The van der Waals surface area contributed by atoms with Gasteiger partial charge in [-0.1, -0.05) is 17.7 Å². The Morgan fingerprint density at radius 3 is 2.25 bits per heavy atom. The van der Waals surface area contributed by atoms with Crippen molar-refractivity contribution >= 4 is 21.6 Å². The van der Waals surface area contributed by atoms with Crippen molar-refractivity contribution in [2.75, 3.05) is 5.75 Å². The zero-order valence-corrected chi connectivity index (χ0v) is 5.61. The van der Waals surface area contributed by atoms with Crippen molar-refractivity contribution in [3.05, 3.63) is 11.6 Å². The van der Waals surface area contributed by atoms with Gasteiger partial charge in [-0.3, -0.25) is 0 Å². The molecule has 0 amide bonds. The van der Waals surface area contributed by atoms with Gasteiger partial charge in [-0.2, -0.15) is 0 Å². The van der Waals surface area contributed by atoms with Crippen LogP contribution in [0.1, 0.15) is 0 Å². The highest BCUT2D eigenvalue weighted by atomic mass is 35.5. The molecule has 0 aromatic rings. The molecule has 0 radical (unpaired) electrons. The maximum absolute atomic E-state index is 10.1. The van der Waals surface area contributed by atoms with Crippen LogP contribution in [0.3, 0.4) is 0 Å². The van der Waals surface area contributed by atoms with Gasteiger partial charge in [-0.05, 0) is 0 Å². The number of nitrogens with two attached hydrogens (primary N) is 1. The largest absolute Gasteiger partial charge is 0.228 e. The minimum atomic E-state index is -3.36. The van der Waals surface area contributed by atoms with Crippen LogP contribution in [0.2, 0.25) is 0 Å². The molecule has 5 heteroatoms. The van der Waals surface area contributed by atoms with Crippen molar-refractivity contribution in [1.29, 1.82) is 0 Å². The van der Waals surface area contributed by atoms with Crippen LogP contribution in [0.25, 0.3) is 0 Å². The second-order valence-corrected chi connectivity index (χ2v) is 3.10. The summed E-state index contributed by atoms with van der Waals surface area (Å²) in [6.07, 6.45) is 1.26. The van der Waals surface area contributed by atoms with Gasteiger partial charge in [0.1, 0.15) is 0 Å². The van der Waals surface area contributed by atoms with E-state index in [0.29, 0.717) is 0 Å². The number of primary sulfonamides is 1. The Bertz CT molecular complexity index is 172. The average molecular weight is 156 g/mol. The lowest BCUT2D eigenvalue weighted by molar-refractivity contribution is 0.600. The Morgan fingerprint density at radius 2 is 2.12 bits per heavy atom. The van der Waals surface area contributed by atoms with E-state index < -0.39 is 10.0 Å². The van der Waals surface area contributed by atoms with Crippen molar-refractivity contribution < 1.29 is 8.42 Å². The maximum Gasteiger partial charge on any atom is 0.212 e. The predicted octanol–water partition coefficient (Wildman–Crippen LogP) is 0.0274. The van der Waals surface area contributed by atoms with Crippen LogP contribution in [0, 0.1) is 0 Å². The van der Waals surface area contributed by atoms with E-state index in [0.717, 1.165) is 5.54 Å². The highest BCUT2D eigenvalue weighted by Crippen LogP contribution is 1.81. The van der Waals surface area contributed by atoms with E-state index in [1.54, 1.807) is 0 Å². The summed E-state index contributed by atoms with van der Waals surface area (Å²) in [6, 6.07) is 0. The first-order chi connectivity index (χ1) is 3.56. The second kappa shape index (κ2) is 3.06. The fourth-order valence-electron chi connectivity index (χ4n) is 0.170. The Hall–Kier alpha value is -0.0600. The Morgan fingerprint density at radius 1 is 1.62 bits per heavy atom. The molecule has 0 unspecified atom stereocenters.